The Morgan fingerprint density at radius 3 is 2.52 bits per heavy atom. The standard InChI is InChI=1S/C20H18ClF4NO4S/c1-2-30-19(27)17-10-13(11-26(17)12-7-8-16(22)15(21)9-12)31(28,29)18-6-4-3-5-14(18)20(23,24)25/h3-9,13,17H,2,10-11H2,1H3. The minimum absolute atomic E-state index is 0.0294. The fraction of sp³-hybridized carbons (Fsp3) is 0.350. The van der Waals surface area contributed by atoms with Gasteiger partial charge in [-0.3, -0.25) is 0 Å². The Bertz CT molecular complexity index is 1090. The smallest absolute Gasteiger partial charge is 0.417 e. The molecular weight excluding hydrogens is 462 g/mol. The number of carbonyl (C=O) groups is 1. The average Bonchev–Trinajstić information content (AvgIpc) is 3.16. The van der Waals surface area contributed by atoms with E-state index in [1.807, 2.05) is 0 Å². The number of rotatable bonds is 5. The van der Waals surface area contributed by atoms with Crippen LogP contribution in [0.25, 0.3) is 0 Å². The Balaban J connectivity index is 2.03. The maximum Gasteiger partial charge on any atom is 0.417 e. The predicted molar refractivity (Wildman–Crippen MR) is 106 cm³/mol. The van der Waals surface area contributed by atoms with Gasteiger partial charge in [0.2, 0.25) is 0 Å². The summed E-state index contributed by atoms with van der Waals surface area (Å²) in [5.74, 6) is -1.44. The van der Waals surface area contributed by atoms with E-state index in [4.69, 9.17) is 16.3 Å². The van der Waals surface area contributed by atoms with Crippen molar-refractivity contribution in [3.63, 3.8) is 0 Å². The molecule has 3 rings (SSSR count). The summed E-state index contributed by atoms with van der Waals surface area (Å²) in [7, 11) is -4.47. The number of esters is 1. The van der Waals surface area contributed by atoms with E-state index in [2.05, 4.69) is 0 Å². The summed E-state index contributed by atoms with van der Waals surface area (Å²) in [6.45, 7) is 1.31. The molecule has 2 aromatic carbocycles. The lowest BCUT2D eigenvalue weighted by Gasteiger charge is -2.25. The summed E-state index contributed by atoms with van der Waals surface area (Å²) in [6.07, 6.45) is -5.16. The van der Waals surface area contributed by atoms with Crippen molar-refractivity contribution in [1.29, 1.82) is 0 Å². The SMILES string of the molecule is CCOC(=O)C1CC(S(=O)(=O)c2ccccc2C(F)(F)F)CN1c1ccc(F)c(Cl)c1. The highest BCUT2D eigenvalue weighted by Crippen LogP contribution is 2.39. The number of hydrogen-bond donors (Lipinski definition) is 0. The summed E-state index contributed by atoms with van der Waals surface area (Å²) in [5, 5.41) is -1.57. The van der Waals surface area contributed by atoms with Crippen LogP contribution in [0.5, 0.6) is 0 Å². The number of sulfone groups is 1. The van der Waals surface area contributed by atoms with E-state index in [-0.39, 0.29) is 30.3 Å². The van der Waals surface area contributed by atoms with Gasteiger partial charge in [-0.2, -0.15) is 13.2 Å². The molecule has 0 amide bonds. The van der Waals surface area contributed by atoms with Crippen LogP contribution in [-0.4, -0.2) is 38.8 Å². The van der Waals surface area contributed by atoms with Crippen LogP contribution in [0, 0.1) is 5.82 Å². The van der Waals surface area contributed by atoms with Crippen LogP contribution in [0.15, 0.2) is 47.4 Å². The third-order valence-electron chi connectivity index (χ3n) is 4.99. The van der Waals surface area contributed by atoms with Crippen LogP contribution in [0.2, 0.25) is 5.02 Å². The van der Waals surface area contributed by atoms with Crippen molar-refractivity contribution in [2.75, 3.05) is 18.1 Å². The first-order chi connectivity index (χ1) is 14.5. The highest BCUT2D eigenvalue weighted by Gasteiger charge is 2.46. The normalized spacial score (nSPS) is 19.5. The van der Waals surface area contributed by atoms with E-state index in [9.17, 15) is 30.8 Å². The minimum Gasteiger partial charge on any atom is -0.464 e. The summed E-state index contributed by atoms with van der Waals surface area (Å²) < 4.78 is 85.1. The highest BCUT2D eigenvalue weighted by molar-refractivity contribution is 7.92. The topological polar surface area (TPSA) is 63.7 Å². The van der Waals surface area contributed by atoms with E-state index in [0.717, 1.165) is 18.2 Å². The highest BCUT2D eigenvalue weighted by atomic mass is 35.5. The number of benzene rings is 2. The molecule has 0 saturated carbocycles. The zero-order chi connectivity index (χ0) is 23.0. The third-order valence-corrected chi connectivity index (χ3v) is 7.47. The van der Waals surface area contributed by atoms with Crippen molar-refractivity contribution >= 4 is 33.1 Å². The fourth-order valence-electron chi connectivity index (χ4n) is 3.56. The van der Waals surface area contributed by atoms with E-state index >= 15 is 0 Å². The second kappa shape index (κ2) is 8.66. The lowest BCUT2D eigenvalue weighted by molar-refractivity contribution is -0.144. The van der Waals surface area contributed by atoms with E-state index < -0.39 is 49.6 Å². The van der Waals surface area contributed by atoms with Crippen LogP contribution >= 0.6 is 11.6 Å². The van der Waals surface area contributed by atoms with Crippen molar-refractivity contribution < 1.29 is 35.5 Å². The van der Waals surface area contributed by atoms with Gasteiger partial charge in [0.1, 0.15) is 11.9 Å². The number of carbonyl (C=O) groups excluding carboxylic acids is 1. The second-order valence-corrected chi connectivity index (χ2v) is 9.52. The molecule has 0 bridgehead atoms. The van der Waals surface area contributed by atoms with Crippen molar-refractivity contribution in [1.82, 2.24) is 0 Å². The molecule has 1 fully saturated rings. The summed E-state index contributed by atoms with van der Waals surface area (Å²) in [6, 6.07) is 6.41. The van der Waals surface area contributed by atoms with Gasteiger partial charge >= 0.3 is 12.1 Å². The van der Waals surface area contributed by atoms with Gasteiger partial charge in [-0.25, -0.2) is 17.6 Å². The van der Waals surface area contributed by atoms with Gasteiger partial charge in [-0.1, -0.05) is 23.7 Å². The molecule has 0 aromatic heterocycles. The monoisotopic (exact) mass is 479 g/mol. The van der Waals surface area contributed by atoms with Gasteiger partial charge in [0, 0.05) is 12.2 Å². The molecule has 1 saturated heterocycles. The molecule has 2 atom stereocenters. The number of ether oxygens (including phenoxy) is 1. The van der Waals surface area contributed by atoms with Crippen LogP contribution in [-0.2, 0) is 25.5 Å². The van der Waals surface area contributed by atoms with Crippen LogP contribution in [0.1, 0.15) is 18.9 Å². The molecule has 5 nitrogen and oxygen atoms in total. The zero-order valence-electron chi connectivity index (χ0n) is 16.2. The zero-order valence-corrected chi connectivity index (χ0v) is 17.8. The van der Waals surface area contributed by atoms with Crippen LogP contribution in [0.3, 0.4) is 0 Å². The first kappa shape index (κ1) is 23.3. The van der Waals surface area contributed by atoms with Gasteiger partial charge in [0.25, 0.3) is 0 Å². The van der Waals surface area contributed by atoms with Crippen molar-refractivity contribution in [2.24, 2.45) is 0 Å². The molecule has 1 aliphatic heterocycles. The van der Waals surface area contributed by atoms with Crippen LogP contribution in [0.4, 0.5) is 23.2 Å². The molecule has 0 N–H and O–H groups in total. The molecule has 1 aliphatic rings. The second-order valence-electron chi connectivity index (χ2n) is 6.92. The largest absolute Gasteiger partial charge is 0.464 e. The lowest BCUT2D eigenvalue weighted by atomic mass is 10.2. The molecule has 2 unspecified atom stereocenters. The Morgan fingerprint density at radius 1 is 1.23 bits per heavy atom. The Kier molecular flexibility index (Phi) is 6.52. The van der Waals surface area contributed by atoms with Gasteiger partial charge < -0.3 is 9.64 Å². The van der Waals surface area contributed by atoms with Crippen molar-refractivity contribution in [3.8, 4) is 0 Å². The van der Waals surface area contributed by atoms with E-state index in [1.54, 1.807) is 6.92 Å². The van der Waals surface area contributed by atoms with Crippen molar-refractivity contribution in [3.05, 3.63) is 58.9 Å². The van der Waals surface area contributed by atoms with Gasteiger partial charge in [-0.05, 0) is 43.7 Å². The molecule has 168 valence electrons. The number of alkyl halides is 3. The number of anilines is 1. The molecule has 0 spiro atoms. The summed E-state index contributed by atoms with van der Waals surface area (Å²) in [5.41, 5.74) is -1.02. The lowest BCUT2D eigenvalue weighted by Crippen LogP contribution is -2.37. The molecule has 1 heterocycles. The maximum absolute atomic E-state index is 13.6. The minimum atomic E-state index is -4.87. The van der Waals surface area contributed by atoms with Crippen molar-refractivity contribution in [2.45, 2.75) is 35.7 Å². The van der Waals surface area contributed by atoms with E-state index in [0.29, 0.717) is 6.07 Å². The summed E-state index contributed by atoms with van der Waals surface area (Å²) >= 11 is 5.81. The molecular formula is C20H18ClF4NO4S. The third kappa shape index (κ3) is 4.64. The Hall–Kier alpha value is -2.33. The van der Waals surface area contributed by atoms with Gasteiger partial charge in [-0.15, -0.1) is 0 Å². The molecule has 31 heavy (non-hydrogen) atoms. The van der Waals surface area contributed by atoms with E-state index in [1.165, 1.54) is 23.1 Å². The quantitative estimate of drug-likeness (QED) is 0.467. The summed E-state index contributed by atoms with van der Waals surface area (Å²) in [4.78, 5) is 13.0. The number of hydrogen-bond acceptors (Lipinski definition) is 5. The Morgan fingerprint density at radius 2 is 1.90 bits per heavy atom. The average molecular weight is 480 g/mol. The maximum atomic E-state index is 13.6. The predicted octanol–water partition coefficient (Wildman–Crippen LogP) is 4.48. The van der Waals surface area contributed by atoms with Gasteiger partial charge in [0.05, 0.1) is 27.3 Å². The first-order valence-corrected chi connectivity index (χ1v) is 11.2. The molecule has 2 aromatic rings. The fourth-order valence-corrected chi connectivity index (χ4v) is 5.65. The first-order valence-electron chi connectivity index (χ1n) is 9.25. The molecule has 11 heteroatoms. The molecule has 0 aliphatic carbocycles. The number of nitrogens with zero attached hydrogens (tertiary/aromatic N) is 1. The van der Waals surface area contributed by atoms with Crippen LogP contribution < -0.4 is 4.90 Å². The van der Waals surface area contributed by atoms with Gasteiger partial charge in [0.15, 0.2) is 9.84 Å². The molecule has 0 radical (unpaired) electrons. The Labute approximate surface area is 181 Å². The number of halogens is 5.